The van der Waals surface area contributed by atoms with Crippen molar-refractivity contribution in [3.05, 3.63) is 41.1 Å². The molecule has 0 spiro atoms. The van der Waals surface area contributed by atoms with Gasteiger partial charge in [0, 0.05) is 38.4 Å². The van der Waals surface area contributed by atoms with Crippen LogP contribution in [-0.2, 0) is 9.53 Å². The lowest BCUT2D eigenvalue weighted by atomic mass is 9.94. The molecule has 2 heterocycles. The zero-order valence-corrected chi connectivity index (χ0v) is 17.4. The Morgan fingerprint density at radius 2 is 1.79 bits per heavy atom. The van der Waals surface area contributed by atoms with E-state index in [1.165, 1.54) is 0 Å². The third-order valence-corrected chi connectivity index (χ3v) is 5.15. The molecule has 8 heteroatoms. The van der Waals surface area contributed by atoms with Crippen molar-refractivity contribution in [2.45, 2.75) is 19.9 Å². The molecule has 1 saturated heterocycles. The van der Waals surface area contributed by atoms with Crippen molar-refractivity contribution in [3.8, 4) is 5.75 Å². The van der Waals surface area contributed by atoms with Crippen molar-refractivity contribution in [1.29, 1.82) is 0 Å². The summed E-state index contributed by atoms with van der Waals surface area (Å²) in [7, 11) is 2.09. The molecule has 0 aliphatic carbocycles. The van der Waals surface area contributed by atoms with E-state index >= 15 is 0 Å². The first-order valence-corrected chi connectivity index (χ1v) is 10.1. The molecule has 2 aliphatic rings. The van der Waals surface area contributed by atoms with E-state index in [1.54, 1.807) is 6.92 Å². The lowest BCUT2D eigenvalue weighted by molar-refractivity contribution is -0.139. The predicted molar refractivity (Wildman–Crippen MR) is 110 cm³/mol. The van der Waals surface area contributed by atoms with E-state index in [0.717, 1.165) is 37.5 Å². The van der Waals surface area contributed by atoms with Gasteiger partial charge in [-0.3, -0.25) is 4.90 Å². The zero-order valence-electron chi connectivity index (χ0n) is 17.4. The van der Waals surface area contributed by atoms with Crippen LogP contribution < -0.4 is 15.4 Å². The normalized spacial score (nSPS) is 20.8. The Labute approximate surface area is 171 Å². The largest absolute Gasteiger partial charge is 0.494 e. The Morgan fingerprint density at radius 3 is 2.41 bits per heavy atom. The fraction of sp³-hybridized carbons (Fsp3) is 0.524. The summed E-state index contributed by atoms with van der Waals surface area (Å²) in [6.07, 6.45) is 0. The van der Waals surface area contributed by atoms with Crippen LogP contribution >= 0.6 is 0 Å². The minimum atomic E-state index is -0.569. The van der Waals surface area contributed by atoms with Gasteiger partial charge in [-0.25, -0.2) is 9.59 Å². The summed E-state index contributed by atoms with van der Waals surface area (Å²) >= 11 is 0. The van der Waals surface area contributed by atoms with Crippen LogP contribution in [0, 0.1) is 0 Å². The molecule has 2 amide bonds. The maximum absolute atomic E-state index is 12.8. The number of likely N-dealkylation sites (N-methyl/N-ethyl adjacent to an activating group) is 1. The maximum Gasteiger partial charge on any atom is 0.338 e. The molecule has 1 atom stereocenters. The quantitative estimate of drug-likeness (QED) is 0.673. The van der Waals surface area contributed by atoms with Gasteiger partial charge < -0.3 is 25.0 Å². The zero-order chi connectivity index (χ0) is 20.8. The standard InChI is InChI=1S/C21H30N4O4/c1-4-28-16-8-6-15(7-9-16)19-18(20(26)29-5-2)17(22-21(27)23-19)14-25-12-10-24(3)11-13-25/h6-9,19H,4-5,10-14H2,1-3H3,(H2,22,23,27). The summed E-state index contributed by atoms with van der Waals surface area (Å²) < 4.78 is 10.8. The molecule has 1 fully saturated rings. The molecule has 0 bridgehead atoms. The Morgan fingerprint density at radius 1 is 1.10 bits per heavy atom. The van der Waals surface area contributed by atoms with Gasteiger partial charge in [-0.1, -0.05) is 12.1 Å². The number of carbonyl (C=O) groups excluding carboxylic acids is 2. The molecule has 2 N–H and O–H groups in total. The van der Waals surface area contributed by atoms with E-state index in [1.807, 2.05) is 31.2 Å². The van der Waals surface area contributed by atoms with Crippen molar-refractivity contribution in [2.24, 2.45) is 0 Å². The summed E-state index contributed by atoms with van der Waals surface area (Å²) in [5.74, 6) is 0.332. The Balaban J connectivity index is 1.91. The number of ether oxygens (including phenoxy) is 2. The van der Waals surface area contributed by atoms with Crippen LogP contribution in [0.2, 0.25) is 0 Å². The molecule has 1 aromatic carbocycles. The Kier molecular flexibility index (Phi) is 7.11. The van der Waals surface area contributed by atoms with Gasteiger partial charge in [0.15, 0.2) is 0 Å². The lowest BCUT2D eigenvalue weighted by Gasteiger charge is -2.35. The van der Waals surface area contributed by atoms with Gasteiger partial charge in [0.2, 0.25) is 0 Å². The van der Waals surface area contributed by atoms with Crippen molar-refractivity contribution in [1.82, 2.24) is 20.4 Å². The monoisotopic (exact) mass is 402 g/mol. The SMILES string of the molecule is CCOC(=O)C1=C(CN2CCN(C)CC2)NC(=O)NC1c1ccc(OCC)cc1. The molecule has 1 aromatic rings. The number of amides is 2. The average Bonchev–Trinajstić information content (AvgIpc) is 2.70. The van der Waals surface area contributed by atoms with Crippen molar-refractivity contribution in [3.63, 3.8) is 0 Å². The first-order valence-electron chi connectivity index (χ1n) is 10.1. The summed E-state index contributed by atoms with van der Waals surface area (Å²) in [6, 6.07) is 6.54. The van der Waals surface area contributed by atoms with Crippen LogP contribution in [0.25, 0.3) is 0 Å². The third-order valence-electron chi connectivity index (χ3n) is 5.15. The summed E-state index contributed by atoms with van der Waals surface area (Å²) in [6.45, 7) is 8.73. The van der Waals surface area contributed by atoms with Gasteiger partial charge in [-0.2, -0.15) is 0 Å². The van der Waals surface area contributed by atoms with Gasteiger partial charge >= 0.3 is 12.0 Å². The molecule has 8 nitrogen and oxygen atoms in total. The third kappa shape index (κ3) is 5.27. The van der Waals surface area contributed by atoms with E-state index in [-0.39, 0.29) is 12.6 Å². The van der Waals surface area contributed by atoms with E-state index in [2.05, 4.69) is 27.5 Å². The van der Waals surface area contributed by atoms with Gasteiger partial charge in [0.25, 0.3) is 0 Å². The molecular weight excluding hydrogens is 372 g/mol. The topological polar surface area (TPSA) is 83.1 Å². The van der Waals surface area contributed by atoms with Gasteiger partial charge in [0.05, 0.1) is 24.8 Å². The number of esters is 1. The first-order chi connectivity index (χ1) is 14.0. The first kappa shape index (κ1) is 21.1. The Bertz CT molecular complexity index is 754. The van der Waals surface area contributed by atoms with Crippen LogP contribution in [0.1, 0.15) is 25.5 Å². The Hall–Kier alpha value is -2.58. The molecule has 3 rings (SSSR count). The van der Waals surface area contributed by atoms with Crippen LogP contribution in [-0.4, -0.2) is 74.8 Å². The maximum atomic E-state index is 12.8. The van der Waals surface area contributed by atoms with Crippen LogP contribution in [0.15, 0.2) is 35.5 Å². The molecule has 1 unspecified atom stereocenters. The minimum absolute atomic E-state index is 0.272. The van der Waals surface area contributed by atoms with E-state index in [0.29, 0.717) is 24.4 Å². The minimum Gasteiger partial charge on any atom is -0.494 e. The number of urea groups is 1. The van der Waals surface area contributed by atoms with E-state index in [4.69, 9.17) is 9.47 Å². The van der Waals surface area contributed by atoms with Gasteiger partial charge in [-0.15, -0.1) is 0 Å². The van der Waals surface area contributed by atoms with Crippen LogP contribution in [0.5, 0.6) is 5.75 Å². The second kappa shape index (κ2) is 9.76. The number of hydrogen-bond donors (Lipinski definition) is 2. The highest BCUT2D eigenvalue weighted by Crippen LogP contribution is 2.29. The van der Waals surface area contributed by atoms with Crippen LogP contribution in [0.3, 0.4) is 0 Å². The number of benzene rings is 1. The fourth-order valence-corrected chi connectivity index (χ4v) is 3.60. The molecule has 158 valence electrons. The number of carbonyl (C=O) groups is 2. The highest BCUT2D eigenvalue weighted by Gasteiger charge is 2.34. The van der Waals surface area contributed by atoms with Crippen molar-refractivity contribution in [2.75, 3.05) is 53.0 Å². The second-order valence-electron chi connectivity index (χ2n) is 7.23. The number of nitrogens with zero attached hydrogens (tertiary/aromatic N) is 2. The smallest absolute Gasteiger partial charge is 0.338 e. The highest BCUT2D eigenvalue weighted by atomic mass is 16.5. The number of piperazine rings is 1. The number of rotatable bonds is 7. The van der Waals surface area contributed by atoms with Crippen molar-refractivity contribution >= 4 is 12.0 Å². The van der Waals surface area contributed by atoms with E-state index in [9.17, 15) is 9.59 Å². The molecule has 29 heavy (non-hydrogen) atoms. The summed E-state index contributed by atoms with van der Waals surface area (Å²) in [4.78, 5) is 29.7. The van der Waals surface area contributed by atoms with E-state index < -0.39 is 12.0 Å². The lowest BCUT2D eigenvalue weighted by Crippen LogP contribution is -2.51. The van der Waals surface area contributed by atoms with Crippen molar-refractivity contribution < 1.29 is 19.1 Å². The van der Waals surface area contributed by atoms with Crippen LogP contribution in [0.4, 0.5) is 4.79 Å². The second-order valence-corrected chi connectivity index (χ2v) is 7.23. The summed E-state index contributed by atoms with van der Waals surface area (Å²) in [5.41, 5.74) is 1.87. The molecular formula is C21H30N4O4. The highest BCUT2D eigenvalue weighted by molar-refractivity contribution is 5.95. The van der Waals surface area contributed by atoms with Gasteiger partial charge in [0.1, 0.15) is 5.75 Å². The number of nitrogens with one attached hydrogen (secondary N) is 2. The molecule has 0 saturated carbocycles. The fourth-order valence-electron chi connectivity index (χ4n) is 3.60. The average molecular weight is 402 g/mol. The molecule has 2 aliphatic heterocycles. The molecule has 0 aromatic heterocycles. The number of hydrogen-bond acceptors (Lipinski definition) is 6. The summed E-state index contributed by atoms with van der Waals surface area (Å²) in [5, 5.41) is 5.72. The van der Waals surface area contributed by atoms with Gasteiger partial charge in [-0.05, 0) is 38.6 Å². The molecule has 0 radical (unpaired) electrons. The predicted octanol–water partition coefficient (Wildman–Crippen LogP) is 1.50.